The van der Waals surface area contributed by atoms with Crippen molar-refractivity contribution in [1.82, 2.24) is 0 Å². The minimum atomic E-state index is -0.431. The van der Waals surface area contributed by atoms with Gasteiger partial charge in [0.2, 0.25) is 0 Å². The van der Waals surface area contributed by atoms with E-state index in [0.717, 1.165) is 0 Å². The quantitative estimate of drug-likeness (QED) is 0.597. The van der Waals surface area contributed by atoms with Gasteiger partial charge in [-0.15, -0.1) is 0 Å². The van der Waals surface area contributed by atoms with Crippen LogP contribution in [0.4, 0.5) is 5.69 Å². The second kappa shape index (κ2) is 4.59. The Hall–Kier alpha value is -1.84. The number of benzene rings is 1. The van der Waals surface area contributed by atoms with Crippen LogP contribution < -0.4 is 5.73 Å². The number of ether oxygens (including phenoxy) is 1. The summed E-state index contributed by atoms with van der Waals surface area (Å²) in [5.74, 6) is -0.427. The molecule has 0 aliphatic rings. The predicted molar refractivity (Wildman–Crippen MR) is 56.6 cm³/mol. The maximum atomic E-state index is 11.2. The van der Waals surface area contributed by atoms with Gasteiger partial charge in [0.25, 0.3) is 0 Å². The minimum absolute atomic E-state index is 0.00344. The average Bonchev–Trinajstić information content (AvgIpc) is 2.19. The van der Waals surface area contributed by atoms with Crippen molar-refractivity contribution in [1.29, 1.82) is 0 Å². The Balaban J connectivity index is 3.05. The maximum absolute atomic E-state index is 11.2. The number of Topliss-reactive ketones (excluding diaryl/α,β-unsaturated/α-hetero) is 1. The molecule has 0 spiro atoms. The van der Waals surface area contributed by atoms with E-state index in [9.17, 15) is 9.59 Å². The van der Waals surface area contributed by atoms with Gasteiger partial charge in [-0.25, -0.2) is 4.79 Å². The van der Waals surface area contributed by atoms with Crippen LogP contribution in [-0.2, 0) is 16.0 Å². The molecular formula is C11H13NO3. The summed E-state index contributed by atoms with van der Waals surface area (Å²) in [6, 6.07) is 4.76. The summed E-state index contributed by atoms with van der Waals surface area (Å²) in [7, 11) is 1.31. The Morgan fingerprint density at radius 3 is 2.60 bits per heavy atom. The summed E-state index contributed by atoms with van der Waals surface area (Å²) in [6.45, 7) is 1.48. The molecule has 0 atom stereocenters. The highest BCUT2D eigenvalue weighted by Crippen LogP contribution is 2.15. The van der Waals surface area contributed by atoms with Crippen molar-refractivity contribution < 1.29 is 14.3 Å². The molecule has 0 aliphatic heterocycles. The van der Waals surface area contributed by atoms with Crippen LogP contribution in [0.5, 0.6) is 0 Å². The molecule has 1 rings (SSSR count). The Kier molecular flexibility index (Phi) is 3.44. The number of carbonyl (C=O) groups is 2. The number of nitrogen functional groups attached to an aromatic ring is 1. The monoisotopic (exact) mass is 207 g/mol. The Bertz CT molecular complexity index is 399. The van der Waals surface area contributed by atoms with E-state index in [1.54, 1.807) is 18.2 Å². The first-order valence-electron chi connectivity index (χ1n) is 4.50. The molecule has 1 aromatic carbocycles. The van der Waals surface area contributed by atoms with Crippen LogP contribution in [0.3, 0.4) is 0 Å². The Labute approximate surface area is 88.0 Å². The molecule has 0 saturated heterocycles. The molecule has 0 unspecified atom stereocenters. The number of hydrogen-bond acceptors (Lipinski definition) is 4. The normalized spacial score (nSPS) is 9.73. The molecule has 4 nitrogen and oxygen atoms in total. The van der Waals surface area contributed by atoms with E-state index in [1.807, 2.05) is 0 Å². The van der Waals surface area contributed by atoms with Gasteiger partial charge in [-0.1, -0.05) is 0 Å². The van der Waals surface area contributed by atoms with Crippen molar-refractivity contribution in [2.24, 2.45) is 0 Å². The highest BCUT2D eigenvalue weighted by atomic mass is 16.5. The standard InChI is InChI=1S/C11H13NO3/c1-7(13)5-9-6-8(11(14)15-2)3-4-10(9)12/h3-4,6H,5,12H2,1-2H3. The van der Waals surface area contributed by atoms with Crippen LogP contribution in [-0.4, -0.2) is 18.9 Å². The van der Waals surface area contributed by atoms with E-state index >= 15 is 0 Å². The average molecular weight is 207 g/mol. The van der Waals surface area contributed by atoms with Gasteiger partial charge in [-0.2, -0.15) is 0 Å². The van der Waals surface area contributed by atoms with Gasteiger partial charge in [-0.05, 0) is 30.7 Å². The fourth-order valence-electron chi connectivity index (χ4n) is 1.27. The van der Waals surface area contributed by atoms with Crippen molar-refractivity contribution in [3.8, 4) is 0 Å². The molecule has 15 heavy (non-hydrogen) atoms. The lowest BCUT2D eigenvalue weighted by atomic mass is 10.0. The van der Waals surface area contributed by atoms with Crippen molar-refractivity contribution in [2.75, 3.05) is 12.8 Å². The number of methoxy groups -OCH3 is 1. The van der Waals surface area contributed by atoms with Crippen LogP contribution >= 0.6 is 0 Å². The first-order valence-corrected chi connectivity index (χ1v) is 4.50. The van der Waals surface area contributed by atoms with Gasteiger partial charge in [-0.3, -0.25) is 4.79 Å². The lowest BCUT2D eigenvalue weighted by Crippen LogP contribution is -2.06. The highest BCUT2D eigenvalue weighted by Gasteiger charge is 2.09. The van der Waals surface area contributed by atoms with Gasteiger partial charge < -0.3 is 10.5 Å². The molecule has 0 heterocycles. The van der Waals surface area contributed by atoms with Gasteiger partial charge in [0, 0.05) is 12.1 Å². The summed E-state index contributed by atoms with van der Waals surface area (Å²) in [4.78, 5) is 22.2. The summed E-state index contributed by atoms with van der Waals surface area (Å²) in [5.41, 5.74) is 7.25. The molecule has 0 fully saturated rings. The zero-order valence-electron chi connectivity index (χ0n) is 8.74. The number of esters is 1. The van der Waals surface area contributed by atoms with E-state index in [4.69, 9.17) is 5.73 Å². The van der Waals surface area contributed by atoms with Crippen molar-refractivity contribution in [3.63, 3.8) is 0 Å². The zero-order chi connectivity index (χ0) is 11.4. The molecule has 1 aromatic rings. The molecule has 0 saturated carbocycles. The van der Waals surface area contributed by atoms with E-state index in [1.165, 1.54) is 14.0 Å². The lowest BCUT2D eigenvalue weighted by Gasteiger charge is -2.05. The fourth-order valence-corrected chi connectivity index (χ4v) is 1.27. The molecule has 2 N–H and O–H groups in total. The number of anilines is 1. The van der Waals surface area contributed by atoms with Crippen LogP contribution in [0, 0.1) is 0 Å². The van der Waals surface area contributed by atoms with E-state index < -0.39 is 5.97 Å². The second-order valence-electron chi connectivity index (χ2n) is 3.28. The van der Waals surface area contributed by atoms with E-state index in [-0.39, 0.29) is 12.2 Å². The largest absolute Gasteiger partial charge is 0.465 e. The van der Waals surface area contributed by atoms with Gasteiger partial charge in [0.05, 0.1) is 12.7 Å². The topological polar surface area (TPSA) is 69.4 Å². The SMILES string of the molecule is COC(=O)c1ccc(N)c(CC(C)=O)c1. The van der Waals surface area contributed by atoms with Crippen LogP contribution in [0.25, 0.3) is 0 Å². The molecule has 80 valence electrons. The third-order valence-corrected chi connectivity index (χ3v) is 2.00. The first-order chi connectivity index (χ1) is 7.04. The number of ketones is 1. The number of carbonyl (C=O) groups excluding carboxylic acids is 2. The van der Waals surface area contributed by atoms with Crippen molar-refractivity contribution in [3.05, 3.63) is 29.3 Å². The van der Waals surface area contributed by atoms with E-state index in [2.05, 4.69) is 4.74 Å². The van der Waals surface area contributed by atoms with Gasteiger partial charge in [0.15, 0.2) is 0 Å². The molecule has 0 radical (unpaired) electrons. The van der Waals surface area contributed by atoms with E-state index in [0.29, 0.717) is 16.8 Å². The first kappa shape index (κ1) is 11.2. The smallest absolute Gasteiger partial charge is 0.337 e. The molecule has 0 bridgehead atoms. The summed E-state index contributed by atoms with van der Waals surface area (Å²) < 4.78 is 4.57. The molecule has 0 amide bonds. The van der Waals surface area contributed by atoms with Crippen LogP contribution in [0.15, 0.2) is 18.2 Å². The maximum Gasteiger partial charge on any atom is 0.337 e. The summed E-state index contributed by atoms with van der Waals surface area (Å²) >= 11 is 0. The molecule has 4 heteroatoms. The van der Waals surface area contributed by atoms with Crippen molar-refractivity contribution in [2.45, 2.75) is 13.3 Å². The second-order valence-corrected chi connectivity index (χ2v) is 3.28. The Morgan fingerprint density at radius 1 is 1.40 bits per heavy atom. The third-order valence-electron chi connectivity index (χ3n) is 2.00. The highest BCUT2D eigenvalue weighted by molar-refractivity contribution is 5.91. The zero-order valence-corrected chi connectivity index (χ0v) is 8.74. The van der Waals surface area contributed by atoms with Gasteiger partial charge in [0.1, 0.15) is 5.78 Å². The minimum Gasteiger partial charge on any atom is -0.465 e. The predicted octanol–water partition coefficient (Wildman–Crippen LogP) is 1.19. The fraction of sp³-hybridized carbons (Fsp3) is 0.273. The Morgan fingerprint density at radius 2 is 2.07 bits per heavy atom. The lowest BCUT2D eigenvalue weighted by molar-refractivity contribution is -0.116. The summed E-state index contributed by atoms with van der Waals surface area (Å²) in [5, 5.41) is 0. The number of nitrogens with two attached hydrogens (primary N) is 1. The van der Waals surface area contributed by atoms with Crippen LogP contribution in [0.1, 0.15) is 22.8 Å². The van der Waals surface area contributed by atoms with Crippen molar-refractivity contribution >= 4 is 17.4 Å². The number of rotatable bonds is 3. The van der Waals surface area contributed by atoms with Crippen LogP contribution in [0.2, 0.25) is 0 Å². The van der Waals surface area contributed by atoms with Gasteiger partial charge >= 0.3 is 5.97 Å². The molecule has 0 aromatic heterocycles. The molecular weight excluding hydrogens is 194 g/mol. The number of hydrogen-bond donors (Lipinski definition) is 1. The third kappa shape index (κ3) is 2.80. The molecule has 0 aliphatic carbocycles. The summed E-state index contributed by atoms with van der Waals surface area (Å²) in [6.07, 6.45) is 0.233.